The summed E-state index contributed by atoms with van der Waals surface area (Å²) in [4.78, 5) is 46.6. The molecule has 2 aliphatic rings. The maximum Gasteiger partial charge on any atom is 0.320 e. The van der Waals surface area contributed by atoms with Gasteiger partial charge < -0.3 is 9.84 Å². The number of carboxylic acid groups (broad SMARTS) is 1. The Morgan fingerprint density at radius 3 is 1.71 bits per heavy atom. The van der Waals surface area contributed by atoms with Crippen LogP contribution in [-0.2, 0) is 23.9 Å². The lowest BCUT2D eigenvalue weighted by molar-refractivity contribution is -0.145. The van der Waals surface area contributed by atoms with E-state index in [1.54, 1.807) is 11.8 Å². The minimum absolute atomic E-state index is 0.0628. The first-order chi connectivity index (χ1) is 11.4. The van der Waals surface area contributed by atoms with Gasteiger partial charge in [0.2, 0.25) is 0 Å². The number of Topliss-reactive ketones (excluding diaryl/α,β-unsaturated/α-hetero) is 2. The fourth-order valence-electron chi connectivity index (χ4n) is 2.50. The Hall–Kier alpha value is -1.80. The molecule has 0 bridgehead atoms. The second-order valence-corrected chi connectivity index (χ2v) is 5.83. The van der Waals surface area contributed by atoms with Crippen molar-refractivity contribution in [3.05, 3.63) is 0 Å². The molecule has 2 heterocycles. The Kier molecular flexibility index (Phi) is 9.18. The first kappa shape index (κ1) is 20.2. The maximum atomic E-state index is 11.0. The molecule has 8 heteroatoms. The number of aliphatic carboxylic acids is 1. The van der Waals surface area contributed by atoms with Gasteiger partial charge in [0.1, 0.15) is 11.6 Å². The van der Waals surface area contributed by atoms with Crippen LogP contribution in [0, 0.1) is 0 Å². The molecule has 0 radical (unpaired) electrons. The smallest absolute Gasteiger partial charge is 0.320 e. The zero-order chi connectivity index (χ0) is 17.9. The number of piperidine rings is 2. The fraction of sp³-hybridized carbons (Fsp3) is 0.750. The number of hydrogen-bond acceptors (Lipinski definition) is 7. The number of esters is 1. The number of carbonyl (C=O) groups excluding carboxylic acids is 3. The summed E-state index contributed by atoms with van der Waals surface area (Å²) in [6.45, 7) is 5.18. The Bertz CT molecular complexity index is 445. The van der Waals surface area contributed by atoms with Crippen LogP contribution < -0.4 is 0 Å². The van der Waals surface area contributed by atoms with Crippen molar-refractivity contribution in [1.29, 1.82) is 0 Å². The Labute approximate surface area is 141 Å². The molecule has 0 amide bonds. The number of carboxylic acids is 1. The van der Waals surface area contributed by atoms with E-state index in [1.165, 1.54) is 0 Å². The Balaban J connectivity index is 0.000000243. The third-order valence-electron chi connectivity index (χ3n) is 3.84. The summed E-state index contributed by atoms with van der Waals surface area (Å²) in [5, 5.41) is 8.41. The summed E-state index contributed by atoms with van der Waals surface area (Å²) >= 11 is 0. The van der Waals surface area contributed by atoms with Crippen LogP contribution in [0.25, 0.3) is 0 Å². The van der Waals surface area contributed by atoms with Crippen LogP contribution in [0.3, 0.4) is 0 Å². The van der Waals surface area contributed by atoms with Crippen molar-refractivity contribution in [3.8, 4) is 0 Å². The standard InChI is InChI=1S/C9H15NO3.C7H11NO3/c1-2-13-9(12)7-10-5-3-8(11)4-6-10;9-6-1-3-8(4-2-6)5-7(10)11/h2-7H2,1H3;1-5H2,(H,10,11). The molecule has 2 saturated heterocycles. The third-order valence-corrected chi connectivity index (χ3v) is 3.84. The number of nitrogens with zero attached hydrogens (tertiary/aromatic N) is 2. The highest BCUT2D eigenvalue weighted by Crippen LogP contribution is 2.05. The van der Waals surface area contributed by atoms with Crippen molar-refractivity contribution in [3.63, 3.8) is 0 Å². The molecule has 0 aliphatic carbocycles. The zero-order valence-corrected chi connectivity index (χ0v) is 14.2. The van der Waals surface area contributed by atoms with Gasteiger partial charge in [-0.25, -0.2) is 0 Å². The molecule has 24 heavy (non-hydrogen) atoms. The molecule has 136 valence electrons. The number of hydrogen-bond donors (Lipinski definition) is 1. The van der Waals surface area contributed by atoms with E-state index in [1.807, 2.05) is 4.90 Å². The van der Waals surface area contributed by atoms with E-state index in [0.29, 0.717) is 70.8 Å². The highest BCUT2D eigenvalue weighted by molar-refractivity contribution is 5.80. The van der Waals surface area contributed by atoms with E-state index in [2.05, 4.69) is 0 Å². The summed E-state index contributed by atoms with van der Waals surface area (Å²) in [5.74, 6) is -0.483. The van der Waals surface area contributed by atoms with Crippen LogP contribution in [-0.4, -0.2) is 84.3 Å². The molecule has 0 unspecified atom stereocenters. The van der Waals surface area contributed by atoms with Crippen LogP contribution in [0.5, 0.6) is 0 Å². The Morgan fingerprint density at radius 1 is 0.917 bits per heavy atom. The predicted molar refractivity (Wildman–Crippen MR) is 85.6 cm³/mol. The van der Waals surface area contributed by atoms with Gasteiger partial charge in [-0.2, -0.15) is 0 Å². The second-order valence-electron chi connectivity index (χ2n) is 5.83. The molecular formula is C16H26N2O6. The van der Waals surface area contributed by atoms with Gasteiger partial charge >= 0.3 is 11.9 Å². The molecule has 8 nitrogen and oxygen atoms in total. The fourth-order valence-corrected chi connectivity index (χ4v) is 2.50. The van der Waals surface area contributed by atoms with Crippen molar-refractivity contribution >= 4 is 23.5 Å². The summed E-state index contributed by atoms with van der Waals surface area (Å²) in [6, 6.07) is 0. The molecule has 0 aromatic heterocycles. The van der Waals surface area contributed by atoms with Gasteiger partial charge in [-0.1, -0.05) is 0 Å². The summed E-state index contributed by atoms with van der Waals surface area (Å²) in [7, 11) is 0. The average molecular weight is 342 g/mol. The zero-order valence-electron chi connectivity index (χ0n) is 14.2. The summed E-state index contributed by atoms with van der Waals surface area (Å²) < 4.78 is 4.81. The molecule has 1 N–H and O–H groups in total. The monoisotopic (exact) mass is 342 g/mol. The van der Waals surface area contributed by atoms with Crippen LogP contribution in [0.4, 0.5) is 0 Å². The van der Waals surface area contributed by atoms with Crippen LogP contribution >= 0.6 is 0 Å². The molecule has 2 rings (SSSR count). The van der Waals surface area contributed by atoms with E-state index in [9.17, 15) is 19.2 Å². The first-order valence-corrected chi connectivity index (χ1v) is 8.26. The van der Waals surface area contributed by atoms with Crippen molar-refractivity contribution in [2.75, 3.05) is 45.9 Å². The number of ether oxygens (including phenoxy) is 1. The van der Waals surface area contributed by atoms with Crippen molar-refractivity contribution in [2.24, 2.45) is 0 Å². The highest BCUT2D eigenvalue weighted by Gasteiger charge is 2.18. The average Bonchev–Trinajstić information content (AvgIpc) is 2.52. The van der Waals surface area contributed by atoms with E-state index >= 15 is 0 Å². The lowest BCUT2D eigenvalue weighted by Crippen LogP contribution is -2.38. The van der Waals surface area contributed by atoms with E-state index < -0.39 is 5.97 Å². The van der Waals surface area contributed by atoms with Gasteiger partial charge in [-0.15, -0.1) is 0 Å². The number of likely N-dealkylation sites (tertiary alicyclic amines) is 2. The first-order valence-electron chi connectivity index (χ1n) is 8.26. The third kappa shape index (κ3) is 8.73. The molecule has 0 aromatic carbocycles. The second kappa shape index (κ2) is 10.9. The normalized spacial score (nSPS) is 19.4. The van der Waals surface area contributed by atoms with E-state index in [0.717, 1.165) is 0 Å². The molecule has 2 aliphatic heterocycles. The molecular weight excluding hydrogens is 316 g/mol. The molecule has 0 aromatic rings. The minimum atomic E-state index is -0.820. The largest absolute Gasteiger partial charge is 0.480 e. The minimum Gasteiger partial charge on any atom is -0.480 e. The quantitative estimate of drug-likeness (QED) is 0.694. The van der Waals surface area contributed by atoms with Gasteiger partial charge in [0.15, 0.2) is 0 Å². The van der Waals surface area contributed by atoms with Crippen LogP contribution in [0.15, 0.2) is 0 Å². The molecule has 2 fully saturated rings. The summed E-state index contributed by atoms with van der Waals surface area (Å²) in [6.07, 6.45) is 2.15. The molecule has 0 atom stereocenters. The topological polar surface area (TPSA) is 104 Å². The van der Waals surface area contributed by atoms with Crippen molar-refractivity contribution < 1.29 is 29.0 Å². The van der Waals surface area contributed by atoms with Gasteiger partial charge in [-0.05, 0) is 6.92 Å². The van der Waals surface area contributed by atoms with Gasteiger partial charge in [0.05, 0.1) is 19.7 Å². The molecule has 0 saturated carbocycles. The van der Waals surface area contributed by atoms with Crippen molar-refractivity contribution in [1.82, 2.24) is 9.80 Å². The van der Waals surface area contributed by atoms with Crippen molar-refractivity contribution in [2.45, 2.75) is 32.6 Å². The lowest BCUT2D eigenvalue weighted by atomic mass is 10.1. The predicted octanol–water partition coefficient (Wildman–Crippen LogP) is -0.0497. The lowest BCUT2D eigenvalue weighted by Gasteiger charge is -2.24. The number of carbonyl (C=O) groups is 4. The van der Waals surface area contributed by atoms with Gasteiger partial charge in [0.25, 0.3) is 0 Å². The van der Waals surface area contributed by atoms with Gasteiger partial charge in [-0.3, -0.25) is 29.0 Å². The highest BCUT2D eigenvalue weighted by atomic mass is 16.5. The Morgan fingerprint density at radius 2 is 1.33 bits per heavy atom. The van der Waals surface area contributed by atoms with Crippen LogP contribution in [0.1, 0.15) is 32.6 Å². The summed E-state index contributed by atoms with van der Waals surface area (Å²) in [5.41, 5.74) is 0. The molecule has 0 spiro atoms. The van der Waals surface area contributed by atoms with Crippen LogP contribution in [0.2, 0.25) is 0 Å². The van der Waals surface area contributed by atoms with E-state index in [4.69, 9.17) is 9.84 Å². The number of rotatable bonds is 5. The SMILES string of the molecule is CCOC(=O)CN1CCC(=O)CC1.O=C(O)CN1CCC(=O)CC1. The van der Waals surface area contributed by atoms with E-state index in [-0.39, 0.29) is 18.3 Å². The maximum absolute atomic E-state index is 11.0. The van der Waals surface area contributed by atoms with Gasteiger partial charge in [0, 0.05) is 51.9 Å². The number of ketones is 2.